The molecule has 1 fully saturated rings. The molecular weight excluding hydrogens is 374 g/mol. The summed E-state index contributed by atoms with van der Waals surface area (Å²) in [7, 11) is 2.02. The molecule has 5 nitrogen and oxygen atoms in total. The van der Waals surface area contributed by atoms with Gasteiger partial charge in [-0.3, -0.25) is 4.79 Å². The number of aromatic amines is 1. The van der Waals surface area contributed by atoms with Gasteiger partial charge in [-0.2, -0.15) is 0 Å². The monoisotopic (exact) mass is 405 g/mol. The molecule has 0 saturated carbocycles. The first-order valence-electron chi connectivity index (χ1n) is 10.7. The molecule has 0 bridgehead atoms. The number of aliphatic hydroxyl groups excluding tert-OH is 1. The number of aliphatic hydroxyl groups is 1. The molecule has 4 rings (SSSR count). The molecule has 0 radical (unpaired) electrons. The molecule has 158 valence electrons. The number of β-amino-alcohol motifs (C(OH)–C–C–N with tert-alkyl or cyclic N) is 1. The number of nitrogens with one attached hydrogen (secondary N) is 1. The zero-order chi connectivity index (χ0) is 21.4. The third-order valence-electron chi connectivity index (χ3n) is 6.30. The van der Waals surface area contributed by atoms with Crippen molar-refractivity contribution in [3.8, 4) is 0 Å². The lowest BCUT2D eigenvalue weighted by Crippen LogP contribution is -2.38. The zero-order valence-corrected chi connectivity index (χ0v) is 18.3. The van der Waals surface area contributed by atoms with E-state index >= 15 is 0 Å². The molecule has 1 aromatic heterocycles. The highest BCUT2D eigenvalue weighted by molar-refractivity contribution is 5.80. The lowest BCUT2D eigenvalue weighted by molar-refractivity contribution is 0.154. The van der Waals surface area contributed by atoms with Crippen LogP contribution < -0.4 is 15.4 Å². The van der Waals surface area contributed by atoms with Crippen molar-refractivity contribution in [3.63, 3.8) is 0 Å². The highest BCUT2D eigenvalue weighted by Crippen LogP contribution is 2.28. The third-order valence-corrected chi connectivity index (χ3v) is 6.30. The van der Waals surface area contributed by atoms with Gasteiger partial charge in [0.1, 0.15) is 0 Å². The topological polar surface area (TPSA) is 59.6 Å². The molecular formula is C25H31N3O2. The molecule has 2 aromatic carbocycles. The molecule has 3 aromatic rings. The molecule has 0 spiro atoms. The van der Waals surface area contributed by atoms with Crippen molar-refractivity contribution in [2.75, 3.05) is 29.9 Å². The van der Waals surface area contributed by atoms with Gasteiger partial charge in [0.15, 0.2) is 0 Å². The molecule has 0 amide bonds. The molecule has 30 heavy (non-hydrogen) atoms. The third kappa shape index (κ3) is 4.08. The number of anilines is 2. The second-order valence-corrected chi connectivity index (χ2v) is 8.72. The molecule has 2 heterocycles. The van der Waals surface area contributed by atoms with Gasteiger partial charge < -0.3 is 19.9 Å². The summed E-state index contributed by atoms with van der Waals surface area (Å²) in [6.45, 7) is 8.48. The summed E-state index contributed by atoms with van der Waals surface area (Å²) in [4.78, 5) is 20.1. The van der Waals surface area contributed by atoms with Gasteiger partial charge in [-0.25, -0.2) is 0 Å². The number of nitrogens with zero attached hydrogens (tertiary/aromatic N) is 2. The number of benzene rings is 2. The number of hydrogen-bond acceptors (Lipinski definition) is 4. The summed E-state index contributed by atoms with van der Waals surface area (Å²) < 4.78 is 0. The molecule has 0 aliphatic carbocycles. The van der Waals surface area contributed by atoms with Crippen molar-refractivity contribution in [3.05, 3.63) is 69.0 Å². The summed E-state index contributed by atoms with van der Waals surface area (Å²) in [5.41, 5.74) is 7.44. The summed E-state index contributed by atoms with van der Waals surface area (Å²) in [6, 6.07) is 12.6. The summed E-state index contributed by atoms with van der Waals surface area (Å²) in [6.07, 6.45) is 1.66. The van der Waals surface area contributed by atoms with Crippen LogP contribution in [0.1, 0.15) is 35.1 Å². The Bertz CT molecular complexity index is 1140. The summed E-state index contributed by atoms with van der Waals surface area (Å²) >= 11 is 0. The summed E-state index contributed by atoms with van der Waals surface area (Å²) in [5, 5.41) is 11.0. The average Bonchev–Trinajstić information content (AvgIpc) is 2.70. The number of H-pyrrole nitrogens is 1. The van der Waals surface area contributed by atoms with Gasteiger partial charge in [0.2, 0.25) is 0 Å². The number of aromatic nitrogens is 1. The Balaban J connectivity index is 1.57. The maximum Gasteiger partial charge on any atom is 0.253 e. The average molecular weight is 406 g/mol. The quantitative estimate of drug-likeness (QED) is 0.688. The molecule has 0 unspecified atom stereocenters. The smallest absolute Gasteiger partial charge is 0.253 e. The van der Waals surface area contributed by atoms with Gasteiger partial charge >= 0.3 is 0 Å². The maximum atomic E-state index is 12.7. The molecule has 5 heteroatoms. The molecule has 1 aliphatic heterocycles. The number of aryl methyl sites for hydroxylation is 3. The second-order valence-electron chi connectivity index (χ2n) is 8.72. The molecule has 2 N–H and O–H groups in total. The molecule has 1 aliphatic rings. The Morgan fingerprint density at radius 2 is 1.87 bits per heavy atom. The van der Waals surface area contributed by atoms with E-state index < -0.39 is 0 Å². The number of rotatable bonds is 4. The van der Waals surface area contributed by atoms with Gasteiger partial charge in [0.05, 0.1) is 6.10 Å². The van der Waals surface area contributed by atoms with Crippen LogP contribution in [0.15, 0.2) is 41.2 Å². The van der Waals surface area contributed by atoms with E-state index in [-0.39, 0.29) is 11.7 Å². The fourth-order valence-corrected chi connectivity index (χ4v) is 4.43. The van der Waals surface area contributed by atoms with Crippen LogP contribution >= 0.6 is 0 Å². The lowest BCUT2D eigenvalue weighted by Gasteiger charge is -2.33. The summed E-state index contributed by atoms with van der Waals surface area (Å²) in [5.74, 6) is 0. The van der Waals surface area contributed by atoms with Crippen LogP contribution in [-0.2, 0) is 6.54 Å². The van der Waals surface area contributed by atoms with E-state index in [9.17, 15) is 9.90 Å². The fraction of sp³-hybridized carbons (Fsp3) is 0.400. The van der Waals surface area contributed by atoms with Crippen molar-refractivity contribution < 1.29 is 5.11 Å². The Kier molecular flexibility index (Phi) is 5.56. The number of pyridine rings is 1. The second kappa shape index (κ2) is 8.15. The van der Waals surface area contributed by atoms with E-state index in [0.717, 1.165) is 47.2 Å². The minimum atomic E-state index is -0.242. The normalized spacial score (nSPS) is 16.8. The fourth-order valence-electron chi connectivity index (χ4n) is 4.43. The largest absolute Gasteiger partial charge is 0.391 e. The first kappa shape index (κ1) is 20.5. The van der Waals surface area contributed by atoms with Crippen molar-refractivity contribution in [1.29, 1.82) is 0 Å². The number of hydrogen-bond donors (Lipinski definition) is 2. The van der Waals surface area contributed by atoms with Gasteiger partial charge in [0.25, 0.3) is 5.56 Å². The first-order valence-corrected chi connectivity index (χ1v) is 10.7. The lowest BCUT2D eigenvalue weighted by atomic mass is 10.0. The minimum Gasteiger partial charge on any atom is -0.391 e. The van der Waals surface area contributed by atoms with E-state index in [1.165, 1.54) is 16.7 Å². The van der Waals surface area contributed by atoms with Crippen molar-refractivity contribution in [2.24, 2.45) is 0 Å². The Morgan fingerprint density at radius 1 is 1.10 bits per heavy atom. The Morgan fingerprint density at radius 3 is 2.60 bits per heavy atom. The molecule has 1 atom stereocenters. The van der Waals surface area contributed by atoms with Crippen LogP contribution in [0.2, 0.25) is 0 Å². The maximum absolute atomic E-state index is 12.7. The van der Waals surface area contributed by atoms with Gasteiger partial charge in [-0.1, -0.05) is 0 Å². The van der Waals surface area contributed by atoms with Crippen molar-refractivity contribution in [1.82, 2.24) is 4.98 Å². The van der Waals surface area contributed by atoms with Crippen LogP contribution in [0, 0.1) is 20.8 Å². The van der Waals surface area contributed by atoms with Crippen LogP contribution in [0.3, 0.4) is 0 Å². The predicted molar refractivity (Wildman–Crippen MR) is 125 cm³/mol. The van der Waals surface area contributed by atoms with Crippen LogP contribution in [0.4, 0.5) is 11.4 Å². The molecule has 1 saturated heterocycles. The minimum absolute atomic E-state index is 0.0332. The van der Waals surface area contributed by atoms with E-state index in [1.807, 2.05) is 19.2 Å². The highest BCUT2D eigenvalue weighted by atomic mass is 16.3. The Hall–Kier alpha value is -2.79. The standard InChI is InChI=1S/C25H31N3O2/c1-16-10-19-13-20(25(30)26-23(19)12-17(16)2)14-27(4)24-8-7-21(11-18(24)3)28-9-5-6-22(29)15-28/h7-8,10-13,22,29H,5-6,9,14-15H2,1-4H3,(H,26,30)/t22-/m0/s1. The van der Waals surface area contributed by atoms with Crippen LogP contribution in [0.25, 0.3) is 10.9 Å². The first-order chi connectivity index (χ1) is 14.3. The highest BCUT2D eigenvalue weighted by Gasteiger charge is 2.19. The number of piperidine rings is 1. The SMILES string of the molecule is Cc1cc2cc(CN(C)c3ccc(N4CCC[C@H](O)C4)cc3C)c(=O)[nH]c2cc1C. The predicted octanol–water partition coefficient (Wildman–Crippen LogP) is 4.05. The van der Waals surface area contributed by atoms with E-state index in [4.69, 9.17) is 0 Å². The number of fused-ring (bicyclic) bond motifs is 1. The van der Waals surface area contributed by atoms with Gasteiger partial charge in [-0.05, 0) is 92.1 Å². The van der Waals surface area contributed by atoms with Gasteiger partial charge in [-0.15, -0.1) is 0 Å². The Labute approximate surface area is 178 Å². The van der Waals surface area contributed by atoms with E-state index in [2.05, 4.69) is 59.8 Å². The van der Waals surface area contributed by atoms with Crippen molar-refractivity contribution >= 4 is 22.3 Å². The zero-order valence-electron chi connectivity index (χ0n) is 18.3. The van der Waals surface area contributed by atoms with E-state index in [1.54, 1.807) is 0 Å². The van der Waals surface area contributed by atoms with Gasteiger partial charge in [0, 0.05) is 49.1 Å². The van der Waals surface area contributed by atoms with Crippen molar-refractivity contribution in [2.45, 2.75) is 46.3 Å². The van der Waals surface area contributed by atoms with E-state index in [0.29, 0.717) is 13.1 Å². The van der Waals surface area contributed by atoms with Crippen LogP contribution in [-0.4, -0.2) is 36.3 Å². The van der Waals surface area contributed by atoms with Crippen LogP contribution in [0.5, 0.6) is 0 Å².